The Kier molecular flexibility index (Phi) is 6.95. The number of nitrogens with one attached hydrogen (secondary N) is 2. The summed E-state index contributed by atoms with van der Waals surface area (Å²) in [7, 11) is 0. The molecule has 2 aromatic rings. The van der Waals surface area contributed by atoms with Gasteiger partial charge in [0.1, 0.15) is 5.69 Å². The molecule has 0 aliphatic carbocycles. The highest BCUT2D eigenvalue weighted by Gasteiger charge is 2.20. The Balaban J connectivity index is 2.19. The minimum Gasteiger partial charge on any atom is -0.490 e. The molecule has 0 radical (unpaired) electrons. The molecule has 1 aromatic heterocycles. The molecule has 0 saturated carbocycles. The first kappa shape index (κ1) is 20.9. The van der Waals surface area contributed by atoms with E-state index in [4.69, 9.17) is 9.47 Å². The summed E-state index contributed by atoms with van der Waals surface area (Å²) in [5.74, 6) is 1.44. The molecule has 0 spiro atoms. The highest BCUT2D eigenvalue weighted by atomic mass is 79.9. The van der Waals surface area contributed by atoms with Crippen LogP contribution in [0.25, 0.3) is 0 Å². The van der Waals surface area contributed by atoms with E-state index in [-0.39, 0.29) is 16.9 Å². The predicted molar refractivity (Wildman–Crippen MR) is 109 cm³/mol. The van der Waals surface area contributed by atoms with Gasteiger partial charge in [-0.05, 0) is 47.5 Å². The van der Waals surface area contributed by atoms with Crippen LogP contribution in [0, 0.1) is 0 Å². The quantitative estimate of drug-likeness (QED) is 0.507. The van der Waals surface area contributed by atoms with Crippen molar-refractivity contribution in [1.29, 1.82) is 0 Å². The zero-order valence-electron chi connectivity index (χ0n) is 16.1. The minimum absolute atomic E-state index is 0.166. The molecule has 0 atom stereocenters. The van der Waals surface area contributed by atoms with Gasteiger partial charge in [0.15, 0.2) is 11.5 Å². The second-order valence-corrected chi connectivity index (χ2v) is 7.52. The number of hydrogen-bond acceptors (Lipinski definition) is 7. The van der Waals surface area contributed by atoms with Crippen molar-refractivity contribution in [3.8, 4) is 11.5 Å². The van der Waals surface area contributed by atoms with Crippen molar-refractivity contribution in [1.82, 2.24) is 15.2 Å². The first-order valence-electron chi connectivity index (χ1n) is 8.62. The SMILES string of the molecule is CCOc1cc(/C=N/Nc2nnc(C(C)(C)C)c(=O)[nH]2)cc(Br)c1OCC. The second kappa shape index (κ2) is 8.98. The zero-order valence-corrected chi connectivity index (χ0v) is 17.7. The molecule has 8 nitrogen and oxygen atoms in total. The highest BCUT2D eigenvalue weighted by molar-refractivity contribution is 9.10. The van der Waals surface area contributed by atoms with Crippen LogP contribution in [0.15, 0.2) is 26.5 Å². The summed E-state index contributed by atoms with van der Waals surface area (Å²) in [6.45, 7) is 10.6. The molecule has 0 aliphatic heterocycles. The largest absolute Gasteiger partial charge is 0.490 e. The normalized spacial score (nSPS) is 11.6. The number of hydrogen-bond donors (Lipinski definition) is 2. The summed E-state index contributed by atoms with van der Waals surface area (Å²) in [5, 5.41) is 12.0. The van der Waals surface area contributed by atoms with Gasteiger partial charge in [0.2, 0.25) is 5.95 Å². The lowest BCUT2D eigenvalue weighted by Crippen LogP contribution is -2.28. The van der Waals surface area contributed by atoms with Gasteiger partial charge in [0.25, 0.3) is 5.56 Å². The maximum absolute atomic E-state index is 12.1. The van der Waals surface area contributed by atoms with Gasteiger partial charge in [-0.25, -0.2) is 5.43 Å². The molecule has 0 aliphatic rings. The van der Waals surface area contributed by atoms with Crippen LogP contribution in [0.2, 0.25) is 0 Å². The molecule has 0 amide bonds. The summed E-state index contributed by atoms with van der Waals surface area (Å²) < 4.78 is 12.0. The van der Waals surface area contributed by atoms with Gasteiger partial charge in [0.05, 0.1) is 23.9 Å². The van der Waals surface area contributed by atoms with Crippen molar-refractivity contribution in [3.05, 3.63) is 38.2 Å². The Bertz CT molecular complexity index is 874. The van der Waals surface area contributed by atoms with Crippen LogP contribution in [0.1, 0.15) is 45.9 Å². The third-order valence-corrected chi connectivity index (χ3v) is 4.00. The van der Waals surface area contributed by atoms with E-state index in [0.29, 0.717) is 30.4 Å². The van der Waals surface area contributed by atoms with Gasteiger partial charge >= 0.3 is 0 Å². The van der Waals surface area contributed by atoms with Crippen LogP contribution in [0.4, 0.5) is 5.95 Å². The molecule has 0 fully saturated rings. The lowest BCUT2D eigenvalue weighted by molar-refractivity contribution is 0.286. The Morgan fingerprint density at radius 3 is 2.52 bits per heavy atom. The summed E-state index contributed by atoms with van der Waals surface area (Å²) in [5.41, 5.74) is 3.15. The van der Waals surface area contributed by atoms with E-state index in [1.165, 1.54) is 0 Å². The van der Waals surface area contributed by atoms with E-state index in [2.05, 4.69) is 41.6 Å². The van der Waals surface area contributed by atoms with Gasteiger partial charge in [0, 0.05) is 5.41 Å². The number of hydrazone groups is 1. The number of aromatic nitrogens is 3. The molecule has 2 rings (SSSR count). The standard InChI is InChI=1S/C18H24BrN5O3/c1-6-26-13-9-11(8-12(19)14(13)27-7-2)10-20-23-17-21-16(25)15(22-24-17)18(3,4)5/h8-10H,6-7H2,1-5H3,(H2,21,23,24,25)/b20-10+. The minimum atomic E-state index is -0.382. The van der Waals surface area contributed by atoms with Crippen LogP contribution < -0.4 is 20.5 Å². The Labute approximate surface area is 166 Å². The molecule has 0 saturated heterocycles. The number of rotatable bonds is 7. The maximum Gasteiger partial charge on any atom is 0.274 e. The number of nitrogens with zero attached hydrogens (tertiary/aromatic N) is 3. The average Bonchev–Trinajstić information content (AvgIpc) is 2.57. The topological polar surface area (TPSA) is 101 Å². The van der Waals surface area contributed by atoms with Crippen molar-refractivity contribution in [2.45, 2.75) is 40.0 Å². The first-order valence-corrected chi connectivity index (χ1v) is 9.41. The first-order chi connectivity index (χ1) is 12.8. The van der Waals surface area contributed by atoms with Crippen LogP contribution in [0.3, 0.4) is 0 Å². The van der Waals surface area contributed by atoms with E-state index < -0.39 is 0 Å². The zero-order chi connectivity index (χ0) is 20.0. The van der Waals surface area contributed by atoms with E-state index in [0.717, 1.165) is 10.0 Å². The fraction of sp³-hybridized carbons (Fsp3) is 0.444. The number of benzene rings is 1. The van der Waals surface area contributed by atoms with Gasteiger partial charge in [-0.2, -0.15) is 5.10 Å². The average molecular weight is 438 g/mol. The third-order valence-electron chi connectivity index (χ3n) is 3.41. The van der Waals surface area contributed by atoms with Gasteiger partial charge in [-0.3, -0.25) is 9.78 Å². The number of aromatic amines is 1. The lowest BCUT2D eigenvalue weighted by Gasteiger charge is -2.15. The van der Waals surface area contributed by atoms with Crippen LogP contribution in [-0.4, -0.2) is 34.6 Å². The van der Waals surface area contributed by atoms with Gasteiger partial charge in [-0.1, -0.05) is 20.8 Å². The Hall–Kier alpha value is -2.42. The van der Waals surface area contributed by atoms with E-state index in [1.807, 2.05) is 46.8 Å². The Morgan fingerprint density at radius 2 is 1.93 bits per heavy atom. The van der Waals surface area contributed by atoms with Crippen molar-refractivity contribution in [2.75, 3.05) is 18.6 Å². The molecule has 9 heteroatoms. The molecule has 0 bridgehead atoms. The lowest BCUT2D eigenvalue weighted by atomic mass is 9.93. The fourth-order valence-corrected chi connectivity index (χ4v) is 2.83. The number of halogens is 1. The molecular weight excluding hydrogens is 414 g/mol. The monoisotopic (exact) mass is 437 g/mol. The van der Waals surface area contributed by atoms with Crippen molar-refractivity contribution >= 4 is 28.1 Å². The van der Waals surface area contributed by atoms with Crippen LogP contribution >= 0.6 is 15.9 Å². The maximum atomic E-state index is 12.1. The van der Waals surface area contributed by atoms with Crippen LogP contribution in [0.5, 0.6) is 11.5 Å². The van der Waals surface area contributed by atoms with Gasteiger partial charge in [-0.15, -0.1) is 10.2 Å². The molecule has 146 valence electrons. The van der Waals surface area contributed by atoms with E-state index in [1.54, 1.807) is 6.21 Å². The van der Waals surface area contributed by atoms with E-state index in [9.17, 15) is 4.79 Å². The highest BCUT2D eigenvalue weighted by Crippen LogP contribution is 2.36. The van der Waals surface area contributed by atoms with E-state index >= 15 is 0 Å². The molecule has 27 heavy (non-hydrogen) atoms. The summed E-state index contributed by atoms with van der Waals surface area (Å²) in [6.07, 6.45) is 1.58. The molecule has 1 heterocycles. The summed E-state index contributed by atoms with van der Waals surface area (Å²) in [4.78, 5) is 14.7. The Morgan fingerprint density at radius 1 is 1.22 bits per heavy atom. The molecular formula is C18H24BrN5O3. The summed E-state index contributed by atoms with van der Waals surface area (Å²) >= 11 is 3.48. The second-order valence-electron chi connectivity index (χ2n) is 6.67. The number of H-pyrrole nitrogens is 1. The van der Waals surface area contributed by atoms with Crippen LogP contribution in [-0.2, 0) is 5.41 Å². The molecule has 2 N–H and O–H groups in total. The van der Waals surface area contributed by atoms with Crippen molar-refractivity contribution in [3.63, 3.8) is 0 Å². The smallest absolute Gasteiger partial charge is 0.274 e. The molecule has 0 unspecified atom stereocenters. The third kappa shape index (κ3) is 5.53. The predicted octanol–water partition coefficient (Wildman–Crippen LogP) is 3.47. The number of ether oxygens (including phenoxy) is 2. The molecule has 1 aromatic carbocycles. The van der Waals surface area contributed by atoms with Gasteiger partial charge < -0.3 is 9.47 Å². The fourth-order valence-electron chi connectivity index (χ4n) is 2.26. The van der Waals surface area contributed by atoms with Crippen molar-refractivity contribution < 1.29 is 9.47 Å². The number of anilines is 1. The van der Waals surface area contributed by atoms with Crippen molar-refractivity contribution in [2.24, 2.45) is 5.10 Å². The summed E-state index contributed by atoms with van der Waals surface area (Å²) in [6, 6.07) is 3.68.